The number of ether oxygens (including phenoxy) is 1. The summed E-state index contributed by atoms with van der Waals surface area (Å²) in [4.78, 5) is 3.91. The van der Waals surface area contributed by atoms with Gasteiger partial charge in [0.05, 0.1) is 30.3 Å². The molecule has 4 heteroatoms. The minimum Gasteiger partial charge on any atom is -0.396 e. The standard InChI is InChI=1S/C10H17N3O/c1-8(2)14-6-5-13-10-3-4-12-7-9(10)11/h3-4,7-8H,5-6,11H2,1-2H3,(H,12,13). The number of nitrogens with zero attached hydrogens (tertiary/aromatic N) is 1. The maximum Gasteiger partial charge on any atom is 0.0736 e. The first-order valence-corrected chi connectivity index (χ1v) is 4.75. The van der Waals surface area contributed by atoms with E-state index in [1.165, 1.54) is 0 Å². The molecule has 0 aliphatic carbocycles. The van der Waals surface area contributed by atoms with Gasteiger partial charge in [-0.3, -0.25) is 4.98 Å². The van der Waals surface area contributed by atoms with Crippen LogP contribution in [-0.4, -0.2) is 24.2 Å². The van der Waals surface area contributed by atoms with E-state index in [0.29, 0.717) is 12.3 Å². The third kappa shape index (κ3) is 3.62. The smallest absolute Gasteiger partial charge is 0.0736 e. The van der Waals surface area contributed by atoms with Crippen LogP contribution in [0.25, 0.3) is 0 Å². The molecular formula is C10H17N3O. The third-order valence-electron chi connectivity index (χ3n) is 1.72. The Kier molecular flexibility index (Phi) is 4.19. The van der Waals surface area contributed by atoms with Crippen molar-refractivity contribution < 1.29 is 4.74 Å². The minimum absolute atomic E-state index is 0.270. The molecule has 0 aromatic carbocycles. The Morgan fingerprint density at radius 3 is 3.00 bits per heavy atom. The third-order valence-corrected chi connectivity index (χ3v) is 1.72. The van der Waals surface area contributed by atoms with Crippen molar-refractivity contribution in [2.75, 3.05) is 24.2 Å². The van der Waals surface area contributed by atoms with Gasteiger partial charge in [0.2, 0.25) is 0 Å². The molecule has 3 N–H and O–H groups in total. The van der Waals surface area contributed by atoms with E-state index in [0.717, 1.165) is 12.2 Å². The van der Waals surface area contributed by atoms with Gasteiger partial charge in [0.1, 0.15) is 0 Å². The minimum atomic E-state index is 0.270. The van der Waals surface area contributed by atoms with E-state index in [2.05, 4.69) is 10.3 Å². The zero-order chi connectivity index (χ0) is 10.4. The molecule has 0 spiro atoms. The van der Waals surface area contributed by atoms with Gasteiger partial charge in [-0.2, -0.15) is 0 Å². The Labute approximate surface area is 84.5 Å². The molecule has 0 fully saturated rings. The molecule has 4 nitrogen and oxygen atoms in total. The van der Waals surface area contributed by atoms with Gasteiger partial charge in [-0.25, -0.2) is 0 Å². The maximum atomic E-state index is 5.70. The zero-order valence-electron chi connectivity index (χ0n) is 8.66. The highest BCUT2D eigenvalue weighted by molar-refractivity contribution is 5.64. The fraction of sp³-hybridized carbons (Fsp3) is 0.500. The Morgan fingerprint density at radius 1 is 1.57 bits per heavy atom. The van der Waals surface area contributed by atoms with Crippen LogP contribution in [0.4, 0.5) is 11.4 Å². The monoisotopic (exact) mass is 195 g/mol. The zero-order valence-corrected chi connectivity index (χ0v) is 8.66. The lowest BCUT2D eigenvalue weighted by Crippen LogP contribution is -2.13. The summed E-state index contributed by atoms with van der Waals surface area (Å²) in [5, 5.41) is 3.18. The summed E-state index contributed by atoms with van der Waals surface area (Å²) in [6.07, 6.45) is 3.61. The van der Waals surface area contributed by atoms with Crippen molar-refractivity contribution in [2.24, 2.45) is 0 Å². The van der Waals surface area contributed by atoms with Crippen molar-refractivity contribution >= 4 is 11.4 Å². The van der Waals surface area contributed by atoms with E-state index in [-0.39, 0.29) is 6.10 Å². The molecule has 0 aliphatic heterocycles. The number of aromatic nitrogens is 1. The van der Waals surface area contributed by atoms with Crippen molar-refractivity contribution in [1.82, 2.24) is 4.98 Å². The molecule has 1 rings (SSSR count). The van der Waals surface area contributed by atoms with Gasteiger partial charge in [-0.05, 0) is 19.9 Å². The van der Waals surface area contributed by atoms with Crippen LogP contribution >= 0.6 is 0 Å². The largest absolute Gasteiger partial charge is 0.396 e. The van der Waals surface area contributed by atoms with E-state index in [1.807, 2.05) is 19.9 Å². The predicted molar refractivity (Wildman–Crippen MR) is 58.2 cm³/mol. The summed E-state index contributed by atoms with van der Waals surface area (Å²) >= 11 is 0. The van der Waals surface area contributed by atoms with E-state index >= 15 is 0 Å². The van der Waals surface area contributed by atoms with Gasteiger partial charge >= 0.3 is 0 Å². The highest BCUT2D eigenvalue weighted by Gasteiger charge is 1.97. The molecule has 1 heterocycles. The quantitative estimate of drug-likeness (QED) is 0.699. The molecule has 0 unspecified atom stereocenters. The van der Waals surface area contributed by atoms with Crippen LogP contribution in [0.2, 0.25) is 0 Å². The number of nitrogens with one attached hydrogen (secondary N) is 1. The first kappa shape index (κ1) is 10.8. The van der Waals surface area contributed by atoms with Crippen molar-refractivity contribution in [1.29, 1.82) is 0 Å². The van der Waals surface area contributed by atoms with Crippen LogP contribution in [0.5, 0.6) is 0 Å². The van der Waals surface area contributed by atoms with E-state index < -0.39 is 0 Å². The number of hydrogen-bond acceptors (Lipinski definition) is 4. The lowest BCUT2D eigenvalue weighted by Gasteiger charge is -2.10. The Bertz CT molecular complexity index is 276. The molecule has 1 aromatic rings. The molecule has 0 amide bonds. The highest BCUT2D eigenvalue weighted by Crippen LogP contribution is 2.14. The van der Waals surface area contributed by atoms with Crippen LogP contribution in [-0.2, 0) is 4.74 Å². The van der Waals surface area contributed by atoms with Crippen molar-refractivity contribution in [3.05, 3.63) is 18.5 Å². The van der Waals surface area contributed by atoms with Gasteiger partial charge in [-0.15, -0.1) is 0 Å². The van der Waals surface area contributed by atoms with Crippen LogP contribution < -0.4 is 11.1 Å². The molecule has 0 radical (unpaired) electrons. The van der Waals surface area contributed by atoms with Gasteiger partial charge in [-0.1, -0.05) is 0 Å². The van der Waals surface area contributed by atoms with Crippen LogP contribution in [0.3, 0.4) is 0 Å². The molecular weight excluding hydrogens is 178 g/mol. The van der Waals surface area contributed by atoms with Gasteiger partial charge in [0, 0.05) is 12.7 Å². The number of hydrogen-bond donors (Lipinski definition) is 2. The topological polar surface area (TPSA) is 60.2 Å². The summed E-state index contributed by atoms with van der Waals surface area (Å²) in [6.45, 7) is 5.47. The van der Waals surface area contributed by atoms with Crippen molar-refractivity contribution in [2.45, 2.75) is 20.0 Å². The average molecular weight is 195 g/mol. The lowest BCUT2D eigenvalue weighted by atomic mass is 10.3. The van der Waals surface area contributed by atoms with Crippen molar-refractivity contribution in [3.63, 3.8) is 0 Å². The first-order valence-electron chi connectivity index (χ1n) is 4.75. The average Bonchev–Trinajstić information content (AvgIpc) is 2.15. The van der Waals surface area contributed by atoms with E-state index in [9.17, 15) is 0 Å². The number of pyridine rings is 1. The van der Waals surface area contributed by atoms with E-state index in [4.69, 9.17) is 10.5 Å². The number of anilines is 2. The molecule has 0 bridgehead atoms. The summed E-state index contributed by atoms with van der Waals surface area (Å²) in [5.74, 6) is 0. The summed E-state index contributed by atoms with van der Waals surface area (Å²) in [7, 11) is 0. The number of nitrogen functional groups attached to an aromatic ring is 1. The normalized spacial score (nSPS) is 10.5. The molecule has 1 aromatic heterocycles. The fourth-order valence-corrected chi connectivity index (χ4v) is 1.05. The van der Waals surface area contributed by atoms with Crippen molar-refractivity contribution in [3.8, 4) is 0 Å². The molecule has 14 heavy (non-hydrogen) atoms. The fourth-order valence-electron chi connectivity index (χ4n) is 1.05. The van der Waals surface area contributed by atoms with Crippen LogP contribution in [0.15, 0.2) is 18.5 Å². The second-order valence-electron chi connectivity index (χ2n) is 3.31. The first-order chi connectivity index (χ1) is 6.70. The molecule has 0 atom stereocenters. The number of rotatable bonds is 5. The molecule has 0 saturated carbocycles. The Hall–Kier alpha value is -1.29. The lowest BCUT2D eigenvalue weighted by molar-refractivity contribution is 0.0870. The second kappa shape index (κ2) is 5.44. The summed E-state index contributed by atoms with van der Waals surface area (Å²) in [5.41, 5.74) is 7.27. The molecule has 78 valence electrons. The molecule has 0 aliphatic rings. The summed E-state index contributed by atoms with van der Waals surface area (Å²) in [6, 6.07) is 1.85. The van der Waals surface area contributed by atoms with Gasteiger partial charge in [0.15, 0.2) is 0 Å². The highest BCUT2D eigenvalue weighted by atomic mass is 16.5. The Balaban J connectivity index is 2.28. The van der Waals surface area contributed by atoms with Gasteiger partial charge < -0.3 is 15.8 Å². The van der Waals surface area contributed by atoms with Crippen LogP contribution in [0, 0.1) is 0 Å². The molecule has 0 saturated heterocycles. The van der Waals surface area contributed by atoms with Gasteiger partial charge in [0.25, 0.3) is 0 Å². The van der Waals surface area contributed by atoms with Crippen LogP contribution in [0.1, 0.15) is 13.8 Å². The predicted octanol–water partition coefficient (Wildman–Crippen LogP) is 1.50. The van der Waals surface area contributed by atoms with E-state index in [1.54, 1.807) is 12.4 Å². The summed E-state index contributed by atoms with van der Waals surface area (Å²) < 4.78 is 5.38. The SMILES string of the molecule is CC(C)OCCNc1ccncc1N. The maximum absolute atomic E-state index is 5.70. The Morgan fingerprint density at radius 2 is 2.36 bits per heavy atom. The second-order valence-corrected chi connectivity index (χ2v) is 3.31. The number of nitrogens with two attached hydrogens (primary N) is 1.